The Morgan fingerprint density at radius 1 is 1.46 bits per heavy atom. The van der Waals surface area contributed by atoms with Crippen LogP contribution >= 0.6 is 11.6 Å². The molecule has 0 spiro atoms. The molecule has 0 aliphatic carbocycles. The summed E-state index contributed by atoms with van der Waals surface area (Å²) in [6, 6.07) is 10.0. The van der Waals surface area contributed by atoms with Gasteiger partial charge >= 0.3 is 0 Å². The highest BCUT2D eigenvalue weighted by molar-refractivity contribution is 6.29. The lowest BCUT2D eigenvalue weighted by Gasteiger charge is -2.12. The number of ether oxygens (including phenoxy) is 1. The molecule has 70 valence electrons. The molecule has 2 heteroatoms. The Bertz CT molecular complexity index is 269. The number of hydrogen-bond acceptors (Lipinski definition) is 1. The Balaban J connectivity index is 2.49. The first kappa shape index (κ1) is 10.3. The molecule has 0 aliphatic heterocycles. The van der Waals surface area contributed by atoms with E-state index in [0.29, 0.717) is 11.6 Å². The molecule has 13 heavy (non-hydrogen) atoms. The van der Waals surface area contributed by atoms with Crippen molar-refractivity contribution in [2.75, 3.05) is 6.61 Å². The molecular formula is C11H13ClO. The third-order valence-electron chi connectivity index (χ3n) is 1.76. The Morgan fingerprint density at radius 2 is 2.08 bits per heavy atom. The lowest BCUT2D eigenvalue weighted by molar-refractivity contribution is 0.0869. The smallest absolute Gasteiger partial charge is 0.0825 e. The maximum atomic E-state index is 5.59. The zero-order valence-corrected chi connectivity index (χ0v) is 8.42. The maximum Gasteiger partial charge on any atom is 0.0825 e. The molecule has 1 aromatic carbocycles. The molecule has 0 fully saturated rings. The van der Waals surface area contributed by atoms with Crippen molar-refractivity contribution in [2.24, 2.45) is 0 Å². The summed E-state index contributed by atoms with van der Waals surface area (Å²) < 4.78 is 5.46. The van der Waals surface area contributed by atoms with Crippen LogP contribution < -0.4 is 0 Å². The molecule has 0 aromatic heterocycles. The molecule has 0 saturated heterocycles. The Hall–Kier alpha value is -0.790. The highest BCUT2D eigenvalue weighted by Crippen LogP contribution is 2.16. The predicted molar refractivity (Wildman–Crippen MR) is 55.8 cm³/mol. The first-order valence-corrected chi connectivity index (χ1v) is 4.58. The second-order valence-corrected chi connectivity index (χ2v) is 3.42. The van der Waals surface area contributed by atoms with Crippen molar-refractivity contribution in [3.63, 3.8) is 0 Å². The monoisotopic (exact) mass is 196 g/mol. The quantitative estimate of drug-likeness (QED) is 0.716. The molecule has 0 N–H and O–H groups in total. The average molecular weight is 197 g/mol. The molecule has 0 aliphatic rings. The SMILES string of the molecule is C=C(Cl)COC(C)c1ccccc1. The third kappa shape index (κ3) is 3.62. The van der Waals surface area contributed by atoms with Crippen LogP contribution in [0, 0.1) is 0 Å². The molecule has 0 radical (unpaired) electrons. The lowest BCUT2D eigenvalue weighted by atomic mass is 10.1. The number of hydrogen-bond donors (Lipinski definition) is 0. The zero-order valence-electron chi connectivity index (χ0n) is 7.66. The normalized spacial score (nSPS) is 12.5. The summed E-state index contributed by atoms with van der Waals surface area (Å²) in [5.74, 6) is 0. The summed E-state index contributed by atoms with van der Waals surface area (Å²) in [5.41, 5.74) is 1.15. The second-order valence-electron chi connectivity index (χ2n) is 2.88. The van der Waals surface area contributed by atoms with Gasteiger partial charge in [-0.25, -0.2) is 0 Å². The van der Waals surface area contributed by atoms with Gasteiger partial charge in [-0.3, -0.25) is 0 Å². The minimum absolute atomic E-state index is 0.0664. The van der Waals surface area contributed by atoms with Crippen LogP contribution in [0.15, 0.2) is 41.9 Å². The van der Waals surface area contributed by atoms with Crippen molar-refractivity contribution < 1.29 is 4.74 Å². The summed E-state index contributed by atoms with van der Waals surface area (Å²) in [5, 5.41) is 0.530. The summed E-state index contributed by atoms with van der Waals surface area (Å²) >= 11 is 5.59. The minimum atomic E-state index is 0.0664. The molecule has 0 saturated carbocycles. The highest BCUT2D eigenvalue weighted by Gasteiger charge is 2.04. The Morgan fingerprint density at radius 3 is 2.62 bits per heavy atom. The molecule has 1 atom stereocenters. The van der Waals surface area contributed by atoms with Crippen molar-refractivity contribution in [3.8, 4) is 0 Å². The van der Waals surface area contributed by atoms with Crippen LogP contribution in [0.2, 0.25) is 0 Å². The van der Waals surface area contributed by atoms with Crippen LogP contribution in [0.3, 0.4) is 0 Å². The molecule has 0 bridgehead atoms. The van der Waals surface area contributed by atoms with Gasteiger partial charge in [0.2, 0.25) is 0 Å². The van der Waals surface area contributed by atoms with Crippen molar-refractivity contribution in [3.05, 3.63) is 47.5 Å². The van der Waals surface area contributed by atoms with Crippen molar-refractivity contribution in [1.29, 1.82) is 0 Å². The van der Waals surface area contributed by atoms with Gasteiger partial charge in [-0.2, -0.15) is 0 Å². The highest BCUT2D eigenvalue weighted by atomic mass is 35.5. The lowest BCUT2D eigenvalue weighted by Crippen LogP contribution is -2.00. The first-order chi connectivity index (χ1) is 6.20. The van der Waals surface area contributed by atoms with E-state index in [0.717, 1.165) is 5.56 Å². The standard InChI is InChI=1S/C11H13ClO/c1-9(12)8-13-10(2)11-6-4-3-5-7-11/h3-7,10H,1,8H2,2H3. The molecule has 1 nitrogen and oxygen atoms in total. The zero-order chi connectivity index (χ0) is 9.68. The van der Waals surface area contributed by atoms with Crippen LogP contribution in [0.5, 0.6) is 0 Å². The van der Waals surface area contributed by atoms with E-state index in [-0.39, 0.29) is 6.10 Å². The van der Waals surface area contributed by atoms with Crippen LogP contribution in [-0.4, -0.2) is 6.61 Å². The van der Waals surface area contributed by atoms with Gasteiger partial charge in [0.05, 0.1) is 12.7 Å². The molecule has 0 amide bonds. The van der Waals surface area contributed by atoms with Gasteiger partial charge in [-0.15, -0.1) is 0 Å². The second kappa shape index (κ2) is 5.05. The van der Waals surface area contributed by atoms with Crippen molar-refractivity contribution in [2.45, 2.75) is 13.0 Å². The van der Waals surface area contributed by atoms with Gasteiger partial charge in [0.25, 0.3) is 0 Å². The summed E-state index contributed by atoms with van der Waals surface area (Å²) in [7, 11) is 0. The summed E-state index contributed by atoms with van der Waals surface area (Å²) in [6.07, 6.45) is 0.0664. The van der Waals surface area contributed by atoms with Gasteiger partial charge in [0.15, 0.2) is 0 Å². The van der Waals surface area contributed by atoms with Crippen LogP contribution in [-0.2, 0) is 4.74 Å². The Labute approximate surface area is 84.0 Å². The molecule has 1 rings (SSSR count). The third-order valence-corrected chi connectivity index (χ3v) is 1.87. The van der Waals surface area contributed by atoms with E-state index < -0.39 is 0 Å². The number of benzene rings is 1. The summed E-state index contributed by atoms with van der Waals surface area (Å²) in [4.78, 5) is 0. The number of rotatable bonds is 4. The van der Waals surface area contributed by atoms with Crippen molar-refractivity contribution >= 4 is 11.6 Å². The first-order valence-electron chi connectivity index (χ1n) is 4.20. The van der Waals surface area contributed by atoms with Crippen molar-refractivity contribution in [1.82, 2.24) is 0 Å². The largest absolute Gasteiger partial charge is 0.368 e. The van der Waals surface area contributed by atoms with Gasteiger partial charge < -0.3 is 4.74 Å². The fraction of sp³-hybridized carbons (Fsp3) is 0.273. The Kier molecular flexibility index (Phi) is 4.00. The molecular weight excluding hydrogens is 184 g/mol. The molecule has 1 unspecified atom stereocenters. The van der Waals surface area contributed by atoms with E-state index in [9.17, 15) is 0 Å². The van der Waals surface area contributed by atoms with E-state index >= 15 is 0 Å². The fourth-order valence-electron chi connectivity index (χ4n) is 1.04. The predicted octanol–water partition coefficient (Wildman–Crippen LogP) is 3.52. The van der Waals surface area contributed by atoms with Gasteiger partial charge in [-0.05, 0) is 12.5 Å². The van der Waals surface area contributed by atoms with Crippen LogP contribution in [0.1, 0.15) is 18.6 Å². The van der Waals surface area contributed by atoms with E-state index in [2.05, 4.69) is 6.58 Å². The number of halogens is 1. The average Bonchev–Trinajstić information content (AvgIpc) is 2.15. The van der Waals surface area contributed by atoms with E-state index in [4.69, 9.17) is 16.3 Å². The van der Waals surface area contributed by atoms with Gasteiger partial charge in [0, 0.05) is 5.03 Å². The van der Waals surface area contributed by atoms with E-state index in [1.807, 2.05) is 37.3 Å². The van der Waals surface area contributed by atoms with Gasteiger partial charge in [0.1, 0.15) is 0 Å². The van der Waals surface area contributed by atoms with Gasteiger partial charge in [-0.1, -0.05) is 48.5 Å². The molecule has 1 aromatic rings. The van der Waals surface area contributed by atoms with E-state index in [1.54, 1.807) is 0 Å². The summed E-state index contributed by atoms with van der Waals surface area (Å²) in [6.45, 7) is 5.96. The van der Waals surface area contributed by atoms with Crippen LogP contribution in [0.4, 0.5) is 0 Å². The topological polar surface area (TPSA) is 9.23 Å². The minimum Gasteiger partial charge on any atom is -0.368 e. The van der Waals surface area contributed by atoms with E-state index in [1.165, 1.54) is 0 Å². The fourth-order valence-corrected chi connectivity index (χ4v) is 1.10. The molecule has 0 heterocycles. The maximum absolute atomic E-state index is 5.59. The van der Waals surface area contributed by atoms with Crippen LogP contribution in [0.25, 0.3) is 0 Å².